The van der Waals surface area contributed by atoms with Crippen LogP contribution in [-0.2, 0) is 4.74 Å². The van der Waals surface area contributed by atoms with Crippen molar-refractivity contribution in [3.05, 3.63) is 0 Å². The molecule has 0 spiro atoms. The van der Waals surface area contributed by atoms with Gasteiger partial charge in [0.15, 0.2) is 0 Å². The summed E-state index contributed by atoms with van der Waals surface area (Å²) in [6.07, 6.45) is 0. The lowest BCUT2D eigenvalue weighted by Gasteiger charge is -2.28. The quantitative estimate of drug-likeness (QED) is 0.496. The van der Waals surface area contributed by atoms with Gasteiger partial charge in [0.2, 0.25) is 0 Å². The Morgan fingerprint density at radius 1 is 1.50 bits per heavy atom. The third kappa shape index (κ3) is 1.67. The van der Waals surface area contributed by atoms with E-state index < -0.39 is 0 Å². The van der Waals surface area contributed by atoms with Gasteiger partial charge in [-0.2, -0.15) is 0 Å². The van der Waals surface area contributed by atoms with E-state index >= 15 is 0 Å². The molecule has 48 valence electrons. The predicted octanol–water partition coefficient (Wildman–Crippen LogP) is 1.73. The van der Waals surface area contributed by atoms with Crippen LogP contribution in [0, 0.1) is 5.41 Å². The molecule has 1 aliphatic heterocycles. The summed E-state index contributed by atoms with van der Waals surface area (Å²) >= 11 is 1.88. The van der Waals surface area contributed by atoms with Crippen LogP contribution in [0.1, 0.15) is 13.8 Å². The molecule has 0 saturated carbocycles. The Morgan fingerprint density at radius 3 is 2.50 bits per heavy atom. The Balaban J connectivity index is 2.33. The lowest BCUT2D eigenvalue weighted by atomic mass is 9.98. The highest BCUT2D eigenvalue weighted by Gasteiger charge is 2.21. The molecule has 0 bridgehead atoms. The SMILES string of the molecule is CC1(C)COCSC1. The maximum absolute atomic E-state index is 5.25. The molecule has 0 atom stereocenters. The summed E-state index contributed by atoms with van der Waals surface area (Å²) in [6, 6.07) is 0. The predicted molar refractivity (Wildman–Crippen MR) is 37.1 cm³/mol. The van der Waals surface area contributed by atoms with Crippen LogP contribution in [0.4, 0.5) is 0 Å². The first kappa shape index (κ1) is 6.43. The second-order valence-electron chi connectivity index (χ2n) is 2.98. The third-order valence-electron chi connectivity index (χ3n) is 1.15. The molecule has 0 aromatic heterocycles. The van der Waals surface area contributed by atoms with Crippen molar-refractivity contribution in [1.29, 1.82) is 0 Å². The van der Waals surface area contributed by atoms with E-state index in [1.54, 1.807) is 0 Å². The molecular formula is C6H12OS. The molecule has 1 nitrogen and oxygen atoms in total. The molecule has 1 rings (SSSR count). The Morgan fingerprint density at radius 2 is 2.25 bits per heavy atom. The van der Waals surface area contributed by atoms with Crippen LogP contribution in [-0.4, -0.2) is 18.3 Å². The Kier molecular flexibility index (Phi) is 1.83. The fraction of sp³-hybridized carbons (Fsp3) is 1.00. The van der Waals surface area contributed by atoms with E-state index in [0.717, 1.165) is 12.5 Å². The molecule has 2 heteroatoms. The molecule has 1 fully saturated rings. The van der Waals surface area contributed by atoms with Gasteiger partial charge < -0.3 is 4.74 Å². The molecular weight excluding hydrogens is 120 g/mol. The number of hydrogen-bond acceptors (Lipinski definition) is 2. The van der Waals surface area contributed by atoms with Crippen LogP contribution in [0.5, 0.6) is 0 Å². The van der Waals surface area contributed by atoms with E-state index in [9.17, 15) is 0 Å². The lowest BCUT2D eigenvalue weighted by Crippen LogP contribution is -2.26. The van der Waals surface area contributed by atoms with Gasteiger partial charge in [0, 0.05) is 5.75 Å². The normalized spacial score (nSPS) is 27.8. The highest BCUT2D eigenvalue weighted by Crippen LogP contribution is 2.26. The van der Waals surface area contributed by atoms with Crippen molar-refractivity contribution in [2.45, 2.75) is 13.8 Å². The van der Waals surface area contributed by atoms with Crippen LogP contribution < -0.4 is 0 Å². The third-order valence-corrected chi connectivity index (χ3v) is 2.47. The van der Waals surface area contributed by atoms with Gasteiger partial charge in [0.25, 0.3) is 0 Å². The molecule has 1 aliphatic rings. The minimum Gasteiger partial charge on any atom is -0.370 e. The molecule has 0 amide bonds. The Labute approximate surface area is 54.8 Å². The number of hydrogen-bond donors (Lipinski definition) is 0. The van der Waals surface area contributed by atoms with Gasteiger partial charge in [-0.1, -0.05) is 13.8 Å². The fourth-order valence-electron chi connectivity index (χ4n) is 0.737. The Hall–Kier alpha value is 0.310. The highest BCUT2D eigenvalue weighted by molar-refractivity contribution is 7.99. The van der Waals surface area contributed by atoms with Crippen LogP contribution >= 0.6 is 11.8 Å². The first-order valence-electron chi connectivity index (χ1n) is 2.86. The molecule has 1 heterocycles. The largest absolute Gasteiger partial charge is 0.370 e. The number of thioether (sulfide) groups is 1. The molecule has 0 aromatic carbocycles. The van der Waals surface area contributed by atoms with Crippen molar-refractivity contribution < 1.29 is 4.74 Å². The molecule has 8 heavy (non-hydrogen) atoms. The summed E-state index contributed by atoms with van der Waals surface area (Å²) in [6.45, 7) is 5.40. The second-order valence-corrected chi connectivity index (χ2v) is 3.91. The van der Waals surface area contributed by atoms with Crippen molar-refractivity contribution in [3.8, 4) is 0 Å². The summed E-state index contributed by atoms with van der Waals surface area (Å²) in [5.41, 5.74) is 0.420. The second kappa shape index (κ2) is 2.28. The summed E-state index contributed by atoms with van der Waals surface area (Å²) in [7, 11) is 0. The van der Waals surface area contributed by atoms with Crippen LogP contribution in [0.25, 0.3) is 0 Å². The highest BCUT2D eigenvalue weighted by atomic mass is 32.2. The molecule has 1 saturated heterocycles. The first-order chi connectivity index (χ1) is 3.71. The van der Waals surface area contributed by atoms with E-state index in [-0.39, 0.29) is 0 Å². The number of rotatable bonds is 0. The molecule has 0 aromatic rings. The maximum atomic E-state index is 5.25. The zero-order chi connectivity index (χ0) is 6.04. The lowest BCUT2D eigenvalue weighted by molar-refractivity contribution is 0.0966. The molecule has 0 N–H and O–H groups in total. The number of ether oxygens (including phenoxy) is 1. The van der Waals surface area contributed by atoms with Gasteiger partial charge >= 0.3 is 0 Å². The average molecular weight is 132 g/mol. The zero-order valence-corrected chi connectivity index (χ0v) is 6.25. The first-order valence-corrected chi connectivity index (χ1v) is 4.02. The topological polar surface area (TPSA) is 9.23 Å². The van der Waals surface area contributed by atoms with Crippen LogP contribution in [0.3, 0.4) is 0 Å². The summed E-state index contributed by atoms with van der Waals surface area (Å²) in [5.74, 6) is 2.14. The van der Waals surface area contributed by atoms with Crippen molar-refractivity contribution in [1.82, 2.24) is 0 Å². The minimum absolute atomic E-state index is 0.420. The monoisotopic (exact) mass is 132 g/mol. The van der Waals surface area contributed by atoms with E-state index in [1.165, 1.54) is 5.75 Å². The van der Waals surface area contributed by atoms with Gasteiger partial charge in [-0.05, 0) is 5.41 Å². The molecule has 0 unspecified atom stereocenters. The van der Waals surface area contributed by atoms with E-state index in [0.29, 0.717) is 5.41 Å². The van der Waals surface area contributed by atoms with Crippen molar-refractivity contribution >= 4 is 11.8 Å². The van der Waals surface area contributed by atoms with Crippen molar-refractivity contribution in [3.63, 3.8) is 0 Å². The fourth-order valence-corrected chi connectivity index (χ4v) is 1.66. The summed E-state index contributed by atoms with van der Waals surface area (Å²) < 4.78 is 5.25. The maximum Gasteiger partial charge on any atom is 0.0921 e. The van der Waals surface area contributed by atoms with Crippen molar-refractivity contribution in [2.24, 2.45) is 5.41 Å². The average Bonchev–Trinajstić information content (AvgIpc) is 1.65. The summed E-state index contributed by atoms with van der Waals surface area (Å²) in [4.78, 5) is 0. The smallest absolute Gasteiger partial charge is 0.0921 e. The summed E-state index contributed by atoms with van der Waals surface area (Å²) in [5, 5.41) is 0. The van der Waals surface area contributed by atoms with Crippen molar-refractivity contribution in [2.75, 3.05) is 18.3 Å². The minimum atomic E-state index is 0.420. The van der Waals surface area contributed by atoms with E-state index in [4.69, 9.17) is 4.74 Å². The zero-order valence-electron chi connectivity index (χ0n) is 5.44. The van der Waals surface area contributed by atoms with Gasteiger partial charge in [0.05, 0.1) is 12.5 Å². The van der Waals surface area contributed by atoms with E-state index in [2.05, 4.69) is 13.8 Å². The van der Waals surface area contributed by atoms with Gasteiger partial charge in [0.1, 0.15) is 0 Å². The van der Waals surface area contributed by atoms with Crippen LogP contribution in [0.15, 0.2) is 0 Å². The molecule has 0 radical (unpaired) electrons. The molecule has 0 aliphatic carbocycles. The van der Waals surface area contributed by atoms with Gasteiger partial charge in [-0.3, -0.25) is 0 Å². The van der Waals surface area contributed by atoms with Gasteiger partial charge in [-0.15, -0.1) is 11.8 Å². The van der Waals surface area contributed by atoms with E-state index in [1.807, 2.05) is 11.8 Å². The Bertz CT molecular complexity index is 72.6. The van der Waals surface area contributed by atoms with Crippen LogP contribution in [0.2, 0.25) is 0 Å². The standard InChI is InChI=1S/C6H12OS/c1-6(2)3-7-5-8-4-6/h3-5H2,1-2H3. The van der Waals surface area contributed by atoms with Gasteiger partial charge in [-0.25, -0.2) is 0 Å².